The molecule has 2 rings (SSSR count). The summed E-state index contributed by atoms with van der Waals surface area (Å²) in [5, 5.41) is 11.3. The number of rotatable bonds is 5. The Hall–Kier alpha value is -1.43. The van der Waals surface area contributed by atoms with Gasteiger partial charge in [0.2, 0.25) is 5.91 Å². The van der Waals surface area contributed by atoms with Crippen molar-refractivity contribution in [3.8, 4) is 0 Å². The maximum absolute atomic E-state index is 12.3. The zero-order valence-corrected chi connectivity index (χ0v) is 12.7. The second-order valence-electron chi connectivity index (χ2n) is 5.93. The summed E-state index contributed by atoms with van der Waals surface area (Å²) in [6.07, 6.45) is 3.05. The summed E-state index contributed by atoms with van der Waals surface area (Å²) in [6, 6.07) is 0. The topological polar surface area (TPSA) is 63.1 Å². The molecule has 0 bridgehead atoms. The van der Waals surface area contributed by atoms with E-state index in [2.05, 4.69) is 29.5 Å². The van der Waals surface area contributed by atoms with E-state index in [-0.39, 0.29) is 5.91 Å². The highest BCUT2D eigenvalue weighted by molar-refractivity contribution is 5.76. The van der Waals surface area contributed by atoms with Crippen molar-refractivity contribution in [2.75, 3.05) is 19.6 Å². The van der Waals surface area contributed by atoms with Crippen molar-refractivity contribution >= 4 is 5.91 Å². The molecule has 0 saturated carbocycles. The summed E-state index contributed by atoms with van der Waals surface area (Å²) >= 11 is 0. The first-order chi connectivity index (χ1) is 9.58. The number of piperidine rings is 1. The average Bonchev–Trinajstić information content (AvgIpc) is 2.82. The standard InChI is InChI=1S/C14H25N5O/c1-4-15-6-13-9-19(17-16-13)10-14(20)18-7-11(2)5-12(3)8-18/h9,11-12,15H,4-8,10H2,1-3H3. The first-order valence-electron chi connectivity index (χ1n) is 7.46. The monoisotopic (exact) mass is 279 g/mol. The van der Waals surface area contributed by atoms with Crippen molar-refractivity contribution in [3.63, 3.8) is 0 Å². The summed E-state index contributed by atoms with van der Waals surface area (Å²) in [7, 11) is 0. The Labute approximate surface area is 120 Å². The highest BCUT2D eigenvalue weighted by atomic mass is 16.2. The molecule has 0 aliphatic carbocycles. The van der Waals surface area contributed by atoms with Crippen LogP contribution in [0.25, 0.3) is 0 Å². The van der Waals surface area contributed by atoms with Gasteiger partial charge in [0.05, 0.1) is 11.9 Å². The number of aromatic nitrogens is 3. The Balaban J connectivity index is 1.88. The van der Waals surface area contributed by atoms with Crippen LogP contribution >= 0.6 is 0 Å². The molecule has 2 unspecified atom stereocenters. The number of carbonyl (C=O) groups is 1. The molecule has 6 heteroatoms. The molecule has 1 aromatic heterocycles. The van der Waals surface area contributed by atoms with Gasteiger partial charge in [0.25, 0.3) is 0 Å². The van der Waals surface area contributed by atoms with Gasteiger partial charge in [0.15, 0.2) is 0 Å². The third kappa shape index (κ3) is 4.03. The molecule has 6 nitrogen and oxygen atoms in total. The Morgan fingerprint density at radius 3 is 2.75 bits per heavy atom. The number of nitrogens with one attached hydrogen (secondary N) is 1. The quantitative estimate of drug-likeness (QED) is 0.869. The van der Waals surface area contributed by atoms with Gasteiger partial charge in [-0.2, -0.15) is 0 Å². The van der Waals surface area contributed by atoms with Crippen LogP contribution in [0.3, 0.4) is 0 Å². The van der Waals surface area contributed by atoms with Gasteiger partial charge in [-0.1, -0.05) is 26.0 Å². The molecule has 0 radical (unpaired) electrons. The lowest BCUT2D eigenvalue weighted by molar-refractivity contribution is -0.134. The average molecular weight is 279 g/mol. The van der Waals surface area contributed by atoms with Crippen LogP contribution in [0.4, 0.5) is 0 Å². The second-order valence-corrected chi connectivity index (χ2v) is 5.93. The first kappa shape index (κ1) is 15.0. The molecule has 112 valence electrons. The zero-order valence-electron chi connectivity index (χ0n) is 12.7. The minimum absolute atomic E-state index is 0.142. The fraction of sp³-hybridized carbons (Fsp3) is 0.786. The number of nitrogens with zero attached hydrogens (tertiary/aromatic N) is 4. The third-order valence-corrected chi connectivity index (χ3v) is 3.66. The fourth-order valence-electron chi connectivity index (χ4n) is 2.86. The van der Waals surface area contributed by atoms with Crippen molar-refractivity contribution in [2.45, 2.75) is 40.3 Å². The van der Waals surface area contributed by atoms with E-state index in [1.165, 1.54) is 6.42 Å². The van der Waals surface area contributed by atoms with Crippen LogP contribution in [-0.4, -0.2) is 45.4 Å². The highest BCUT2D eigenvalue weighted by Crippen LogP contribution is 2.21. The molecule has 1 aliphatic heterocycles. The van der Waals surface area contributed by atoms with Crippen molar-refractivity contribution in [2.24, 2.45) is 11.8 Å². The second kappa shape index (κ2) is 6.83. The van der Waals surface area contributed by atoms with Crippen molar-refractivity contribution in [1.29, 1.82) is 0 Å². The largest absolute Gasteiger partial charge is 0.341 e. The van der Waals surface area contributed by atoms with Gasteiger partial charge in [-0.25, -0.2) is 4.68 Å². The first-order valence-corrected chi connectivity index (χ1v) is 7.46. The maximum atomic E-state index is 12.3. The van der Waals surface area contributed by atoms with E-state index in [0.717, 1.165) is 25.3 Å². The van der Waals surface area contributed by atoms with Crippen LogP contribution < -0.4 is 5.32 Å². The number of hydrogen-bond acceptors (Lipinski definition) is 4. The number of carbonyl (C=O) groups excluding carboxylic acids is 1. The van der Waals surface area contributed by atoms with Crippen molar-refractivity contribution < 1.29 is 4.79 Å². The lowest BCUT2D eigenvalue weighted by Crippen LogP contribution is -2.44. The van der Waals surface area contributed by atoms with E-state index < -0.39 is 0 Å². The van der Waals surface area contributed by atoms with Crippen LogP contribution in [-0.2, 0) is 17.9 Å². The van der Waals surface area contributed by atoms with Gasteiger partial charge in [-0.15, -0.1) is 5.10 Å². The van der Waals surface area contributed by atoms with Gasteiger partial charge in [0, 0.05) is 19.6 Å². The van der Waals surface area contributed by atoms with E-state index in [9.17, 15) is 4.79 Å². The van der Waals surface area contributed by atoms with Gasteiger partial charge in [0.1, 0.15) is 6.54 Å². The number of likely N-dealkylation sites (tertiary alicyclic amines) is 1. The van der Waals surface area contributed by atoms with E-state index in [0.29, 0.717) is 24.9 Å². The predicted octanol–water partition coefficient (Wildman–Crippen LogP) is 0.892. The van der Waals surface area contributed by atoms with Crippen molar-refractivity contribution in [3.05, 3.63) is 11.9 Å². The lowest BCUT2D eigenvalue weighted by atomic mass is 9.92. The Kier molecular flexibility index (Phi) is 5.11. The number of amides is 1. The van der Waals surface area contributed by atoms with Gasteiger partial charge >= 0.3 is 0 Å². The van der Waals surface area contributed by atoms with E-state index in [1.807, 2.05) is 18.0 Å². The molecule has 0 aromatic carbocycles. The minimum Gasteiger partial charge on any atom is -0.341 e. The van der Waals surface area contributed by atoms with Crippen LogP contribution in [0, 0.1) is 11.8 Å². The van der Waals surface area contributed by atoms with E-state index in [4.69, 9.17) is 0 Å². The molecule has 1 aliphatic rings. The summed E-state index contributed by atoms with van der Waals surface area (Å²) in [4.78, 5) is 14.3. The lowest BCUT2D eigenvalue weighted by Gasteiger charge is -2.34. The number of hydrogen-bond donors (Lipinski definition) is 1. The summed E-state index contributed by atoms with van der Waals surface area (Å²) in [6.45, 7) is 10.1. The van der Waals surface area contributed by atoms with Crippen LogP contribution in [0.15, 0.2) is 6.20 Å². The zero-order chi connectivity index (χ0) is 14.5. The molecule has 1 amide bonds. The predicted molar refractivity (Wildman–Crippen MR) is 76.9 cm³/mol. The molecule has 1 fully saturated rings. The minimum atomic E-state index is 0.142. The molecule has 20 heavy (non-hydrogen) atoms. The van der Waals surface area contributed by atoms with E-state index >= 15 is 0 Å². The summed E-state index contributed by atoms with van der Waals surface area (Å²) in [5.74, 6) is 1.31. The molecule has 1 aromatic rings. The Morgan fingerprint density at radius 2 is 2.10 bits per heavy atom. The van der Waals surface area contributed by atoms with Gasteiger partial charge in [-0.05, 0) is 24.8 Å². The Bertz CT molecular complexity index is 435. The van der Waals surface area contributed by atoms with Gasteiger partial charge in [-0.3, -0.25) is 4.79 Å². The normalized spacial score (nSPS) is 23.1. The van der Waals surface area contributed by atoms with Crippen molar-refractivity contribution in [1.82, 2.24) is 25.2 Å². The maximum Gasteiger partial charge on any atom is 0.244 e. The van der Waals surface area contributed by atoms with Crippen LogP contribution in [0.5, 0.6) is 0 Å². The van der Waals surface area contributed by atoms with Gasteiger partial charge < -0.3 is 10.2 Å². The molecular formula is C14H25N5O. The third-order valence-electron chi connectivity index (χ3n) is 3.66. The molecule has 2 heterocycles. The van der Waals surface area contributed by atoms with E-state index in [1.54, 1.807) is 4.68 Å². The van der Waals surface area contributed by atoms with Crippen LogP contribution in [0.1, 0.15) is 32.9 Å². The summed E-state index contributed by atoms with van der Waals surface area (Å²) < 4.78 is 1.64. The molecule has 1 saturated heterocycles. The molecule has 0 spiro atoms. The molecule has 2 atom stereocenters. The Morgan fingerprint density at radius 1 is 1.40 bits per heavy atom. The SMILES string of the molecule is CCNCc1cn(CC(=O)N2CC(C)CC(C)C2)nn1. The fourth-order valence-corrected chi connectivity index (χ4v) is 2.86. The van der Waals surface area contributed by atoms with Crippen LogP contribution in [0.2, 0.25) is 0 Å². The highest BCUT2D eigenvalue weighted by Gasteiger charge is 2.25. The summed E-state index contributed by atoms with van der Waals surface area (Å²) in [5.41, 5.74) is 0.875. The molecular weight excluding hydrogens is 254 g/mol. The smallest absolute Gasteiger partial charge is 0.244 e. The molecule has 1 N–H and O–H groups in total.